The number of nitrogens with one attached hydrogen (secondary N) is 1. The van der Waals surface area contributed by atoms with Gasteiger partial charge in [-0.15, -0.1) is 0 Å². The molecule has 2 aromatic carbocycles. The van der Waals surface area contributed by atoms with Gasteiger partial charge in [-0.1, -0.05) is 68.0 Å². The molecule has 0 radical (unpaired) electrons. The van der Waals surface area contributed by atoms with E-state index < -0.39 is 0 Å². The molecule has 0 fully saturated rings. The van der Waals surface area contributed by atoms with Crippen molar-refractivity contribution in [3.63, 3.8) is 0 Å². The monoisotopic (exact) mass is 391 g/mol. The summed E-state index contributed by atoms with van der Waals surface area (Å²) in [5.41, 5.74) is 4.61. The summed E-state index contributed by atoms with van der Waals surface area (Å²) in [7, 11) is 1.72. The maximum atomic E-state index is 13.6. The zero-order chi connectivity index (χ0) is 20.6. The zero-order valence-electron chi connectivity index (χ0n) is 17.5. The number of ether oxygens (including phenoxy) is 1. The molecule has 1 aliphatic rings. The molecule has 0 spiro atoms. The average Bonchev–Trinajstić information content (AvgIpc) is 2.74. The summed E-state index contributed by atoms with van der Waals surface area (Å²) in [4.78, 5) is 0. The van der Waals surface area contributed by atoms with Gasteiger partial charge in [-0.2, -0.15) is 0 Å². The largest absolute Gasteiger partial charge is 0.496 e. The van der Waals surface area contributed by atoms with E-state index >= 15 is 0 Å². The van der Waals surface area contributed by atoms with Crippen LogP contribution in [0, 0.1) is 17.7 Å². The fraction of sp³-hybridized carbons (Fsp3) is 0.308. The third-order valence-corrected chi connectivity index (χ3v) is 5.60. The predicted octanol–water partition coefficient (Wildman–Crippen LogP) is 6.47. The second kappa shape index (κ2) is 10.1. The molecule has 2 nitrogen and oxygen atoms in total. The van der Waals surface area contributed by atoms with Crippen LogP contribution in [0.2, 0.25) is 0 Å². The number of para-hydroxylation sites is 1. The number of benzene rings is 2. The summed E-state index contributed by atoms with van der Waals surface area (Å²) in [6.07, 6.45) is 10.2. The molecule has 1 unspecified atom stereocenters. The predicted molar refractivity (Wildman–Crippen MR) is 120 cm³/mol. The van der Waals surface area contributed by atoms with E-state index in [9.17, 15) is 4.39 Å². The van der Waals surface area contributed by atoms with Crippen molar-refractivity contribution in [2.75, 3.05) is 13.7 Å². The third-order valence-electron chi connectivity index (χ3n) is 5.60. The minimum absolute atomic E-state index is 0.197. The van der Waals surface area contributed by atoms with Crippen LogP contribution in [0.4, 0.5) is 4.39 Å². The Bertz CT molecular complexity index is 912. The Morgan fingerprint density at radius 2 is 1.90 bits per heavy atom. The Kier molecular flexibility index (Phi) is 7.29. The lowest BCUT2D eigenvalue weighted by Gasteiger charge is -2.27. The van der Waals surface area contributed by atoms with Gasteiger partial charge >= 0.3 is 0 Å². The van der Waals surface area contributed by atoms with E-state index in [2.05, 4.69) is 43.4 Å². The molecule has 2 aromatic rings. The Morgan fingerprint density at radius 3 is 2.66 bits per heavy atom. The number of rotatable bonds is 8. The van der Waals surface area contributed by atoms with E-state index in [1.54, 1.807) is 25.3 Å². The van der Waals surface area contributed by atoms with Gasteiger partial charge in [0.15, 0.2) is 0 Å². The van der Waals surface area contributed by atoms with Gasteiger partial charge in [0.2, 0.25) is 0 Å². The van der Waals surface area contributed by atoms with Crippen LogP contribution in [0.3, 0.4) is 0 Å². The molecule has 3 rings (SSSR count). The van der Waals surface area contributed by atoms with Crippen LogP contribution in [0.25, 0.3) is 11.6 Å². The number of halogens is 1. The van der Waals surface area contributed by atoms with Crippen LogP contribution >= 0.6 is 0 Å². The Balaban J connectivity index is 1.57. The van der Waals surface area contributed by atoms with Crippen molar-refractivity contribution in [2.24, 2.45) is 11.8 Å². The van der Waals surface area contributed by atoms with Gasteiger partial charge < -0.3 is 10.1 Å². The first kappa shape index (κ1) is 20.9. The van der Waals surface area contributed by atoms with Crippen LogP contribution in [0.15, 0.2) is 72.5 Å². The van der Waals surface area contributed by atoms with Crippen LogP contribution < -0.4 is 10.1 Å². The molecule has 0 bridgehead atoms. The van der Waals surface area contributed by atoms with Gasteiger partial charge in [0.05, 0.1) is 7.11 Å². The van der Waals surface area contributed by atoms with Gasteiger partial charge in [0.25, 0.3) is 0 Å². The number of hydrogen-bond donors (Lipinski definition) is 1. The van der Waals surface area contributed by atoms with Gasteiger partial charge in [0, 0.05) is 17.7 Å². The van der Waals surface area contributed by atoms with Gasteiger partial charge in [-0.05, 0) is 54.7 Å². The lowest BCUT2D eigenvalue weighted by molar-refractivity contribution is 0.413. The molecule has 29 heavy (non-hydrogen) atoms. The Morgan fingerprint density at radius 1 is 1.14 bits per heavy atom. The van der Waals surface area contributed by atoms with E-state index in [-0.39, 0.29) is 5.82 Å². The van der Waals surface area contributed by atoms with Crippen molar-refractivity contribution in [1.29, 1.82) is 0 Å². The first-order chi connectivity index (χ1) is 14.1. The standard InChI is InChI=1S/C26H30FNO/c1-19(14-16-28-17-15-21-8-4-6-10-25(21)27)23-13-12-22(18-20(23)2)24-9-5-7-11-26(24)29-3/h4-13,15,17,19-20,28H,14,16,18H2,1-3H3/b17-15-/t19-,20?/m0/s1. The van der Waals surface area contributed by atoms with Crippen LogP contribution in [0.1, 0.15) is 37.8 Å². The van der Waals surface area contributed by atoms with Crippen LogP contribution in [0.5, 0.6) is 5.75 Å². The van der Waals surface area contributed by atoms with Crippen molar-refractivity contribution in [3.8, 4) is 5.75 Å². The highest BCUT2D eigenvalue weighted by atomic mass is 19.1. The lowest BCUT2D eigenvalue weighted by Crippen LogP contribution is -2.17. The average molecular weight is 392 g/mol. The Hall–Kier alpha value is -2.81. The number of methoxy groups -OCH3 is 1. The number of allylic oxidation sites excluding steroid dienone is 4. The van der Waals surface area contributed by atoms with E-state index in [0.29, 0.717) is 17.4 Å². The highest BCUT2D eigenvalue weighted by molar-refractivity contribution is 5.73. The number of hydrogen-bond acceptors (Lipinski definition) is 2. The quantitative estimate of drug-likeness (QED) is 0.521. The van der Waals surface area contributed by atoms with Gasteiger partial charge in [-0.3, -0.25) is 0 Å². The molecule has 0 heterocycles. The SMILES string of the molecule is COc1ccccc1C1=CC=C([C@@H](C)CCN/C=C\c2ccccc2F)C(C)C1. The third kappa shape index (κ3) is 5.38. The fourth-order valence-corrected chi connectivity index (χ4v) is 3.95. The normalized spacial score (nSPS) is 17.6. The topological polar surface area (TPSA) is 21.3 Å². The van der Waals surface area contributed by atoms with Crippen LogP contribution in [-0.4, -0.2) is 13.7 Å². The molecule has 0 saturated carbocycles. The van der Waals surface area contributed by atoms with E-state index in [4.69, 9.17) is 4.74 Å². The highest BCUT2D eigenvalue weighted by Crippen LogP contribution is 2.38. The Labute approximate surface area is 173 Å². The summed E-state index contributed by atoms with van der Waals surface area (Å²) in [6, 6.07) is 15.0. The van der Waals surface area contributed by atoms with Crippen molar-refractivity contribution < 1.29 is 9.13 Å². The van der Waals surface area contributed by atoms with Crippen molar-refractivity contribution in [1.82, 2.24) is 5.32 Å². The summed E-state index contributed by atoms with van der Waals surface area (Å²) in [5.74, 6) is 1.73. The molecule has 1 N–H and O–H groups in total. The molecular weight excluding hydrogens is 361 g/mol. The van der Waals surface area contributed by atoms with E-state index in [1.807, 2.05) is 24.4 Å². The first-order valence-corrected chi connectivity index (χ1v) is 10.3. The summed E-state index contributed by atoms with van der Waals surface area (Å²) in [6.45, 7) is 5.45. The van der Waals surface area contributed by atoms with Crippen molar-refractivity contribution >= 4 is 11.6 Å². The molecule has 3 heteroatoms. The van der Waals surface area contributed by atoms with E-state index in [1.165, 1.54) is 22.8 Å². The fourth-order valence-electron chi connectivity index (χ4n) is 3.95. The maximum absolute atomic E-state index is 13.6. The zero-order valence-corrected chi connectivity index (χ0v) is 17.5. The minimum Gasteiger partial charge on any atom is -0.496 e. The molecule has 0 amide bonds. The summed E-state index contributed by atoms with van der Waals surface area (Å²) in [5, 5.41) is 3.29. The van der Waals surface area contributed by atoms with Gasteiger partial charge in [-0.25, -0.2) is 4.39 Å². The molecule has 0 saturated heterocycles. The molecule has 1 aliphatic carbocycles. The van der Waals surface area contributed by atoms with Gasteiger partial charge in [0.1, 0.15) is 11.6 Å². The summed E-state index contributed by atoms with van der Waals surface area (Å²) >= 11 is 0. The second-order valence-corrected chi connectivity index (χ2v) is 7.66. The van der Waals surface area contributed by atoms with Crippen LogP contribution in [-0.2, 0) is 0 Å². The maximum Gasteiger partial charge on any atom is 0.130 e. The minimum atomic E-state index is -0.197. The summed E-state index contributed by atoms with van der Waals surface area (Å²) < 4.78 is 19.1. The van der Waals surface area contributed by atoms with Crippen molar-refractivity contribution in [2.45, 2.75) is 26.7 Å². The first-order valence-electron chi connectivity index (χ1n) is 10.3. The molecule has 0 aliphatic heterocycles. The lowest BCUT2D eigenvalue weighted by atomic mass is 9.79. The molecule has 2 atom stereocenters. The molecular formula is C26H30FNO. The smallest absolute Gasteiger partial charge is 0.130 e. The highest BCUT2D eigenvalue weighted by Gasteiger charge is 2.21. The molecule has 0 aromatic heterocycles. The van der Waals surface area contributed by atoms with E-state index in [0.717, 1.165) is 25.1 Å². The second-order valence-electron chi connectivity index (χ2n) is 7.66. The molecule has 152 valence electrons. The van der Waals surface area contributed by atoms with Crippen molar-refractivity contribution in [3.05, 3.63) is 89.4 Å².